The maximum atomic E-state index is 6.29. The van der Waals surface area contributed by atoms with Crippen molar-refractivity contribution in [3.63, 3.8) is 0 Å². The van der Waals surface area contributed by atoms with Crippen LogP contribution >= 0.6 is 11.3 Å². The van der Waals surface area contributed by atoms with Gasteiger partial charge in [-0.2, -0.15) is 0 Å². The number of nitrogens with zero attached hydrogens (tertiary/aromatic N) is 3. The summed E-state index contributed by atoms with van der Waals surface area (Å²) in [5.74, 6) is 0.664. The van der Waals surface area contributed by atoms with Crippen molar-refractivity contribution in [3.8, 4) is 17.2 Å². The molecule has 0 amide bonds. The van der Waals surface area contributed by atoms with Gasteiger partial charge in [0.25, 0.3) is 0 Å². The number of para-hydroxylation sites is 2. The number of fused-ring (bicyclic) bond motifs is 10. The molecule has 0 unspecified atom stereocenters. The Hall–Kier alpha value is -5.52. The number of furan rings is 1. The molecule has 0 atom stereocenters. The Bertz CT molecular complexity index is 2730. The molecule has 4 aromatic heterocycles. The second-order valence-corrected chi connectivity index (χ2v) is 12.1. The highest BCUT2D eigenvalue weighted by Crippen LogP contribution is 2.42. The van der Waals surface area contributed by atoms with Crippen molar-refractivity contribution in [2.45, 2.75) is 0 Å². The molecule has 0 saturated carbocycles. The van der Waals surface area contributed by atoms with Crippen molar-refractivity contribution in [1.82, 2.24) is 14.5 Å². The molecular weight excluding hydrogens is 547 g/mol. The minimum absolute atomic E-state index is 0.664. The molecule has 0 aliphatic heterocycles. The lowest BCUT2D eigenvalue weighted by atomic mass is 10.1. The first-order valence-corrected chi connectivity index (χ1v) is 15.2. The fourth-order valence-corrected chi connectivity index (χ4v) is 7.79. The van der Waals surface area contributed by atoms with Gasteiger partial charge < -0.3 is 4.42 Å². The Balaban J connectivity index is 1.37. The summed E-state index contributed by atoms with van der Waals surface area (Å²) in [5, 5.41) is 8.05. The SMILES string of the molecule is c1ccc(-c2nc(-n3c4ccccc4c4cc5oc6ccccc6c5cc43)nc3c2sc2cc4ccccc4cc23)cc1. The maximum Gasteiger partial charge on any atom is 0.235 e. The number of hydrogen-bond acceptors (Lipinski definition) is 4. The molecule has 4 heterocycles. The summed E-state index contributed by atoms with van der Waals surface area (Å²) >= 11 is 1.77. The van der Waals surface area contributed by atoms with Crippen LogP contribution in [-0.2, 0) is 0 Å². The van der Waals surface area contributed by atoms with E-state index in [4.69, 9.17) is 14.4 Å². The number of benzene rings is 6. The molecule has 200 valence electrons. The van der Waals surface area contributed by atoms with E-state index in [0.29, 0.717) is 5.95 Å². The van der Waals surface area contributed by atoms with Gasteiger partial charge >= 0.3 is 0 Å². The van der Waals surface area contributed by atoms with E-state index < -0.39 is 0 Å². The molecule has 0 fully saturated rings. The van der Waals surface area contributed by atoms with Gasteiger partial charge in [0.15, 0.2) is 0 Å². The molecule has 6 aromatic carbocycles. The minimum atomic E-state index is 0.664. The summed E-state index contributed by atoms with van der Waals surface area (Å²) in [4.78, 5) is 10.7. The summed E-state index contributed by atoms with van der Waals surface area (Å²) in [5.41, 5.74) is 6.91. The lowest BCUT2D eigenvalue weighted by Gasteiger charge is -2.10. The van der Waals surface area contributed by atoms with Crippen LogP contribution in [0.15, 0.2) is 132 Å². The number of thiophene rings is 1. The van der Waals surface area contributed by atoms with Crippen molar-refractivity contribution < 1.29 is 4.42 Å². The van der Waals surface area contributed by atoms with Gasteiger partial charge in [-0.1, -0.05) is 91.0 Å². The van der Waals surface area contributed by atoms with Crippen LogP contribution in [0.25, 0.3) is 92.0 Å². The third-order valence-electron chi connectivity index (χ3n) is 8.59. The predicted molar refractivity (Wildman–Crippen MR) is 179 cm³/mol. The minimum Gasteiger partial charge on any atom is -0.456 e. The highest BCUT2D eigenvalue weighted by Gasteiger charge is 2.21. The molecule has 0 aliphatic carbocycles. The summed E-state index contributed by atoms with van der Waals surface area (Å²) in [6.07, 6.45) is 0. The first kappa shape index (κ1) is 23.1. The lowest BCUT2D eigenvalue weighted by molar-refractivity contribution is 0.669. The molecule has 10 rings (SSSR count). The Morgan fingerprint density at radius 1 is 0.535 bits per heavy atom. The Morgan fingerprint density at radius 2 is 1.28 bits per heavy atom. The molecule has 0 N–H and O–H groups in total. The van der Waals surface area contributed by atoms with Crippen molar-refractivity contribution in [2.75, 3.05) is 0 Å². The van der Waals surface area contributed by atoms with Gasteiger partial charge in [-0.05, 0) is 47.2 Å². The van der Waals surface area contributed by atoms with Crippen LogP contribution in [-0.4, -0.2) is 14.5 Å². The lowest BCUT2D eigenvalue weighted by Crippen LogP contribution is -2.02. The zero-order chi connectivity index (χ0) is 28.1. The molecule has 0 aliphatic rings. The highest BCUT2D eigenvalue weighted by atomic mass is 32.1. The molecule has 5 heteroatoms. The van der Waals surface area contributed by atoms with Crippen LogP contribution in [0.4, 0.5) is 0 Å². The van der Waals surface area contributed by atoms with Gasteiger partial charge in [0, 0.05) is 37.2 Å². The fraction of sp³-hybridized carbons (Fsp3) is 0. The van der Waals surface area contributed by atoms with Crippen molar-refractivity contribution in [3.05, 3.63) is 127 Å². The summed E-state index contributed by atoms with van der Waals surface area (Å²) in [6, 6.07) is 44.7. The molecule has 0 radical (unpaired) electrons. The van der Waals surface area contributed by atoms with Crippen LogP contribution in [0.1, 0.15) is 0 Å². The first-order chi connectivity index (χ1) is 21.3. The second kappa shape index (κ2) is 8.51. The monoisotopic (exact) mass is 567 g/mol. The van der Waals surface area contributed by atoms with E-state index in [1.807, 2.05) is 18.2 Å². The Morgan fingerprint density at radius 3 is 2.16 bits per heavy atom. The van der Waals surface area contributed by atoms with E-state index in [1.165, 1.54) is 15.5 Å². The number of aromatic nitrogens is 3. The summed E-state index contributed by atoms with van der Waals surface area (Å²) in [6.45, 7) is 0. The van der Waals surface area contributed by atoms with E-state index in [2.05, 4.69) is 114 Å². The van der Waals surface area contributed by atoms with Crippen LogP contribution < -0.4 is 0 Å². The molecule has 4 nitrogen and oxygen atoms in total. The van der Waals surface area contributed by atoms with Gasteiger partial charge in [-0.15, -0.1) is 11.3 Å². The summed E-state index contributed by atoms with van der Waals surface area (Å²) in [7, 11) is 0. The largest absolute Gasteiger partial charge is 0.456 e. The molecule has 0 saturated heterocycles. The van der Waals surface area contributed by atoms with Crippen molar-refractivity contribution >= 4 is 86.2 Å². The van der Waals surface area contributed by atoms with Crippen LogP contribution in [0.3, 0.4) is 0 Å². The van der Waals surface area contributed by atoms with E-state index in [0.717, 1.165) is 70.6 Å². The Labute approximate surface area is 249 Å². The van der Waals surface area contributed by atoms with Crippen LogP contribution in [0.2, 0.25) is 0 Å². The van der Waals surface area contributed by atoms with Crippen molar-refractivity contribution in [2.24, 2.45) is 0 Å². The third-order valence-corrected chi connectivity index (χ3v) is 9.74. The van der Waals surface area contributed by atoms with E-state index in [1.54, 1.807) is 11.3 Å². The van der Waals surface area contributed by atoms with Gasteiger partial charge in [-0.25, -0.2) is 9.97 Å². The third kappa shape index (κ3) is 3.25. The maximum absolute atomic E-state index is 6.29. The topological polar surface area (TPSA) is 43.9 Å². The Kier molecular flexibility index (Phi) is 4.57. The molecule has 0 spiro atoms. The quantitative estimate of drug-likeness (QED) is 0.209. The van der Waals surface area contributed by atoms with Crippen LogP contribution in [0.5, 0.6) is 0 Å². The zero-order valence-corrected chi connectivity index (χ0v) is 23.6. The van der Waals surface area contributed by atoms with Crippen molar-refractivity contribution in [1.29, 1.82) is 0 Å². The van der Waals surface area contributed by atoms with E-state index >= 15 is 0 Å². The van der Waals surface area contributed by atoms with Gasteiger partial charge in [0.2, 0.25) is 5.95 Å². The fourth-order valence-electron chi connectivity index (χ4n) is 6.61. The summed E-state index contributed by atoms with van der Waals surface area (Å²) < 4.78 is 10.8. The first-order valence-electron chi connectivity index (χ1n) is 14.3. The zero-order valence-electron chi connectivity index (χ0n) is 22.8. The van der Waals surface area contributed by atoms with E-state index in [-0.39, 0.29) is 0 Å². The highest BCUT2D eigenvalue weighted by molar-refractivity contribution is 7.26. The molecule has 0 bridgehead atoms. The van der Waals surface area contributed by atoms with Gasteiger partial charge in [0.1, 0.15) is 11.2 Å². The second-order valence-electron chi connectivity index (χ2n) is 11.0. The van der Waals surface area contributed by atoms with Gasteiger partial charge in [0.05, 0.1) is 26.9 Å². The number of rotatable bonds is 2. The standard InChI is InChI=1S/C38H21N3OS/c1-2-10-22(11-3-1)35-37-36(29-18-23-12-4-5-13-24(23)19-34(29)43-37)40-38(39-35)41-30-16-8-6-14-25(30)27-21-33-28(20-31(27)41)26-15-7-9-17-32(26)42-33/h1-21H. The smallest absolute Gasteiger partial charge is 0.235 e. The normalized spacial score (nSPS) is 12.2. The van der Waals surface area contributed by atoms with E-state index in [9.17, 15) is 0 Å². The number of hydrogen-bond donors (Lipinski definition) is 0. The average molecular weight is 568 g/mol. The average Bonchev–Trinajstić information content (AvgIpc) is 3.71. The molecular formula is C38H21N3OS. The van der Waals surface area contributed by atoms with Gasteiger partial charge in [-0.3, -0.25) is 4.57 Å². The molecule has 10 aromatic rings. The van der Waals surface area contributed by atoms with Crippen LogP contribution in [0, 0.1) is 0 Å². The predicted octanol–water partition coefficient (Wildman–Crippen LogP) is 10.7. The molecule has 43 heavy (non-hydrogen) atoms.